The number of anilines is 1. The number of thioether (sulfide) groups is 1. The Labute approximate surface area is 225 Å². The molecule has 38 heavy (non-hydrogen) atoms. The van der Waals surface area contributed by atoms with Gasteiger partial charge in [0.05, 0.1) is 11.1 Å². The summed E-state index contributed by atoms with van der Waals surface area (Å²) in [6.45, 7) is 4.40. The smallest absolute Gasteiger partial charge is 0.243 e. The Morgan fingerprint density at radius 2 is 1.79 bits per heavy atom. The lowest BCUT2D eigenvalue weighted by Crippen LogP contribution is -2.30. The fourth-order valence-corrected chi connectivity index (χ4v) is 6.09. The van der Waals surface area contributed by atoms with Gasteiger partial charge in [-0.25, -0.2) is 8.42 Å². The van der Waals surface area contributed by atoms with Crippen molar-refractivity contribution in [3.05, 3.63) is 72.5 Å². The van der Waals surface area contributed by atoms with Gasteiger partial charge in [0.2, 0.25) is 21.8 Å². The Morgan fingerprint density at radius 3 is 2.47 bits per heavy atom. The fourth-order valence-electron chi connectivity index (χ4n) is 3.71. The van der Waals surface area contributed by atoms with Crippen LogP contribution in [0.5, 0.6) is 0 Å². The van der Waals surface area contributed by atoms with Crippen molar-refractivity contribution in [3.63, 3.8) is 0 Å². The number of amidine groups is 1. The van der Waals surface area contributed by atoms with Crippen molar-refractivity contribution >= 4 is 50.7 Å². The maximum Gasteiger partial charge on any atom is 0.243 e. The van der Waals surface area contributed by atoms with E-state index in [1.807, 2.05) is 18.2 Å². The number of carbonyl (C=O) groups is 2. The normalized spacial score (nSPS) is 16.9. The van der Waals surface area contributed by atoms with Gasteiger partial charge in [-0.1, -0.05) is 43.8 Å². The van der Waals surface area contributed by atoms with Crippen LogP contribution in [0, 0.1) is 0 Å². The average Bonchev–Trinajstić information content (AvgIpc) is 3.52. The zero-order chi connectivity index (χ0) is 27.1. The highest BCUT2D eigenvalue weighted by Gasteiger charge is 2.32. The van der Waals surface area contributed by atoms with Crippen LogP contribution in [0.2, 0.25) is 0 Å². The van der Waals surface area contributed by atoms with E-state index in [0.29, 0.717) is 41.0 Å². The first kappa shape index (κ1) is 27.3. The Bertz CT molecular complexity index is 1450. The van der Waals surface area contributed by atoms with Crippen LogP contribution in [0.15, 0.2) is 86.2 Å². The van der Waals surface area contributed by atoms with Crippen molar-refractivity contribution in [2.45, 2.75) is 30.4 Å². The first-order valence-electron chi connectivity index (χ1n) is 11.9. The summed E-state index contributed by atoms with van der Waals surface area (Å²) >= 11 is 1.13. The molecule has 0 saturated carbocycles. The number of para-hydroxylation sites is 1. The second-order valence-corrected chi connectivity index (χ2v) is 11.3. The van der Waals surface area contributed by atoms with Gasteiger partial charge >= 0.3 is 0 Å². The number of furan rings is 1. The Morgan fingerprint density at radius 1 is 1.08 bits per heavy atom. The molecule has 12 heteroatoms. The number of nitrogens with zero attached hydrogens (tertiary/aromatic N) is 3. The van der Waals surface area contributed by atoms with Crippen molar-refractivity contribution in [2.24, 2.45) is 10.2 Å². The third kappa shape index (κ3) is 6.57. The van der Waals surface area contributed by atoms with Crippen molar-refractivity contribution in [1.29, 1.82) is 0 Å². The van der Waals surface area contributed by atoms with E-state index in [0.717, 1.165) is 11.8 Å². The number of rotatable bonds is 10. The second-order valence-electron chi connectivity index (χ2n) is 8.18. The minimum absolute atomic E-state index is 0.00465. The SMILES string of the molecule is CCN(CC)S(=O)(=O)c1ccc(-c2ccc(/C=N\N=C3\NC(=O)[C@@H](CC(=O)Nc4ccccc4)S3)o2)cc1. The van der Waals surface area contributed by atoms with Crippen LogP contribution in [-0.4, -0.2) is 54.3 Å². The third-order valence-corrected chi connectivity index (χ3v) is 8.78. The molecule has 1 aliphatic rings. The van der Waals surface area contributed by atoms with Crippen LogP contribution in [0.3, 0.4) is 0 Å². The predicted octanol–water partition coefficient (Wildman–Crippen LogP) is 3.93. The van der Waals surface area contributed by atoms with Crippen LogP contribution >= 0.6 is 11.8 Å². The number of amides is 2. The van der Waals surface area contributed by atoms with Gasteiger partial charge in [-0.2, -0.15) is 9.41 Å². The van der Waals surface area contributed by atoms with Gasteiger partial charge in [-0.05, 0) is 48.5 Å². The molecule has 0 bridgehead atoms. The zero-order valence-electron chi connectivity index (χ0n) is 20.8. The molecule has 2 heterocycles. The van der Waals surface area contributed by atoms with E-state index >= 15 is 0 Å². The number of carbonyl (C=O) groups excluding carboxylic acids is 2. The number of benzene rings is 2. The molecule has 2 amide bonds. The van der Waals surface area contributed by atoms with E-state index in [2.05, 4.69) is 20.8 Å². The Balaban J connectivity index is 1.34. The quantitative estimate of drug-likeness (QED) is 0.289. The highest BCUT2D eigenvalue weighted by Crippen LogP contribution is 2.25. The van der Waals surface area contributed by atoms with Gasteiger partial charge in [0.1, 0.15) is 16.8 Å². The van der Waals surface area contributed by atoms with Crippen LogP contribution in [-0.2, 0) is 19.6 Å². The molecule has 2 aromatic carbocycles. The molecule has 1 aromatic heterocycles. The monoisotopic (exact) mass is 553 g/mol. The summed E-state index contributed by atoms with van der Waals surface area (Å²) in [5, 5.41) is 13.1. The molecular weight excluding hydrogens is 526 g/mol. The molecule has 2 N–H and O–H groups in total. The van der Waals surface area contributed by atoms with Gasteiger partial charge in [-0.15, -0.1) is 5.10 Å². The second kappa shape index (κ2) is 12.2. The molecule has 3 aromatic rings. The molecule has 4 rings (SSSR count). The number of hydrogen-bond donors (Lipinski definition) is 2. The van der Waals surface area contributed by atoms with Crippen molar-refractivity contribution in [3.8, 4) is 11.3 Å². The van der Waals surface area contributed by atoms with E-state index in [1.54, 1.807) is 62.4 Å². The lowest BCUT2D eigenvalue weighted by Gasteiger charge is -2.18. The lowest BCUT2D eigenvalue weighted by molar-refractivity contribution is -0.122. The summed E-state index contributed by atoms with van der Waals surface area (Å²) in [5.41, 5.74) is 1.38. The molecule has 10 nitrogen and oxygen atoms in total. The van der Waals surface area contributed by atoms with Crippen molar-refractivity contribution in [2.75, 3.05) is 18.4 Å². The van der Waals surface area contributed by atoms with Gasteiger partial charge in [-0.3, -0.25) is 9.59 Å². The van der Waals surface area contributed by atoms with Gasteiger partial charge < -0.3 is 15.1 Å². The molecule has 1 aliphatic heterocycles. The number of sulfonamides is 1. The highest BCUT2D eigenvalue weighted by atomic mass is 32.2. The Hall–Kier alpha value is -3.74. The van der Waals surface area contributed by atoms with E-state index in [-0.39, 0.29) is 23.1 Å². The molecule has 198 valence electrons. The first-order valence-corrected chi connectivity index (χ1v) is 14.3. The number of nitrogens with one attached hydrogen (secondary N) is 2. The topological polar surface area (TPSA) is 133 Å². The summed E-state index contributed by atoms with van der Waals surface area (Å²) in [6.07, 6.45) is 1.41. The highest BCUT2D eigenvalue weighted by molar-refractivity contribution is 8.15. The largest absolute Gasteiger partial charge is 0.455 e. The summed E-state index contributed by atoms with van der Waals surface area (Å²) in [4.78, 5) is 24.7. The third-order valence-electron chi connectivity index (χ3n) is 5.65. The predicted molar refractivity (Wildman–Crippen MR) is 148 cm³/mol. The fraction of sp³-hybridized carbons (Fsp3) is 0.231. The lowest BCUT2D eigenvalue weighted by atomic mass is 10.2. The minimum atomic E-state index is -3.53. The van der Waals surface area contributed by atoms with Crippen LogP contribution in [0.1, 0.15) is 26.0 Å². The van der Waals surface area contributed by atoms with Gasteiger partial charge in [0.25, 0.3) is 0 Å². The first-order chi connectivity index (χ1) is 18.3. The maximum absolute atomic E-state index is 12.7. The standard InChI is InChI=1S/C26H27N5O5S2/c1-3-31(4-2)38(34,35)21-13-10-18(11-14-21)22-15-12-20(36-22)17-27-30-26-29-25(33)23(37-26)16-24(32)28-19-8-6-5-7-9-19/h5-15,17,23H,3-4,16H2,1-2H3,(H,28,32)(H,29,30,33)/b27-17-/t23-/m1/s1. The maximum atomic E-state index is 12.7. The molecule has 0 radical (unpaired) electrons. The summed E-state index contributed by atoms with van der Waals surface area (Å²) in [7, 11) is -3.53. The summed E-state index contributed by atoms with van der Waals surface area (Å²) in [5.74, 6) is 0.394. The molecular formula is C26H27N5O5S2. The van der Waals surface area contributed by atoms with Gasteiger partial charge in [0, 0.05) is 30.8 Å². The van der Waals surface area contributed by atoms with E-state index < -0.39 is 15.3 Å². The van der Waals surface area contributed by atoms with E-state index in [1.165, 1.54) is 10.5 Å². The van der Waals surface area contributed by atoms with Crippen molar-refractivity contribution in [1.82, 2.24) is 9.62 Å². The molecule has 1 atom stereocenters. The van der Waals surface area contributed by atoms with Crippen molar-refractivity contribution < 1.29 is 22.4 Å². The molecule has 1 saturated heterocycles. The minimum Gasteiger partial charge on any atom is -0.455 e. The average molecular weight is 554 g/mol. The molecule has 0 spiro atoms. The van der Waals surface area contributed by atoms with Crippen LogP contribution < -0.4 is 10.6 Å². The molecule has 0 aliphatic carbocycles. The zero-order valence-corrected chi connectivity index (χ0v) is 22.5. The summed E-state index contributed by atoms with van der Waals surface area (Å²) < 4.78 is 32.5. The van der Waals surface area contributed by atoms with Crippen LogP contribution in [0.25, 0.3) is 11.3 Å². The molecule has 1 fully saturated rings. The Kier molecular flexibility index (Phi) is 8.77. The van der Waals surface area contributed by atoms with E-state index in [4.69, 9.17) is 4.42 Å². The summed E-state index contributed by atoms with van der Waals surface area (Å²) in [6, 6.07) is 19.0. The molecule has 0 unspecified atom stereocenters. The number of hydrogen-bond acceptors (Lipinski definition) is 8. The van der Waals surface area contributed by atoms with Crippen LogP contribution in [0.4, 0.5) is 5.69 Å². The van der Waals surface area contributed by atoms with E-state index in [9.17, 15) is 18.0 Å². The van der Waals surface area contributed by atoms with Gasteiger partial charge in [0.15, 0.2) is 5.17 Å².